The number of aliphatic hydroxyl groups is 1. The molecule has 7 unspecified atom stereocenters. The number of rotatable bonds is 3. The zero-order valence-corrected chi connectivity index (χ0v) is 16.7. The van der Waals surface area contributed by atoms with Crippen LogP contribution in [0.3, 0.4) is 0 Å². The number of hydrogen-bond acceptors (Lipinski definition) is 12. The number of carbonyl (C=O) groups is 2. The van der Waals surface area contributed by atoms with Crippen LogP contribution in [0.2, 0.25) is 0 Å². The first kappa shape index (κ1) is 20.2. The number of anilines is 1. The highest BCUT2D eigenvalue weighted by molar-refractivity contribution is 5.92. The number of imidazole rings is 1. The van der Waals surface area contributed by atoms with Crippen LogP contribution in [0.1, 0.15) is 19.1 Å². The number of aromatic nitrogens is 4. The largest absolute Gasteiger partial charge is 0.467 e. The van der Waals surface area contributed by atoms with E-state index in [0.29, 0.717) is 11.2 Å². The lowest BCUT2D eigenvalue weighted by Crippen LogP contribution is -2.66. The van der Waals surface area contributed by atoms with Crippen molar-refractivity contribution in [1.29, 1.82) is 0 Å². The molecule has 13 nitrogen and oxygen atoms in total. The van der Waals surface area contributed by atoms with Crippen molar-refractivity contribution < 1.29 is 38.4 Å². The van der Waals surface area contributed by atoms with Gasteiger partial charge in [-0.25, -0.2) is 19.7 Å². The van der Waals surface area contributed by atoms with Crippen LogP contribution in [0.5, 0.6) is 0 Å². The summed E-state index contributed by atoms with van der Waals surface area (Å²) in [4.78, 5) is 37.0. The molecule has 31 heavy (non-hydrogen) atoms. The number of methoxy groups -OCH3 is 2. The fraction of sp³-hybridized carbons (Fsp3) is 0.611. The Morgan fingerprint density at radius 3 is 2.87 bits per heavy atom. The summed E-state index contributed by atoms with van der Waals surface area (Å²) in [7, 11) is 2.67. The summed E-state index contributed by atoms with van der Waals surface area (Å²) in [5.74, 6) is -3.36. The highest BCUT2D eigenvalue weighted by atomic mass is 16.7. The standard InChI is InChI=1S/C18H21N5O8/c1-27-13-12-7(30-16(13)23-6-22-11-14(19)20-5-21-15(11)23)4-10-18(26,31-12)9(24)3-8(29-10)17(25)28-2/h5-8,10,12-13,16,26H,3-4H2,1-2H3,(H2,19,20,21). The minimum atomic E-state index is -2.22. The minimum absolute atomic E-state index is 0.0977. The van der Waals surface area contributed by atoms with E-state index in [0.717, 1.165) is 0 Å². The SMILES string of the molecule is COC(=O)C1CC(=O)C2(O)OC3C(CC2O1)OC(n1cnc2c(N)ncnc21)C3OC. The van der Waals surface area contributed by atoms with Crippen molar-refractivity contribution in [2.75, 3.05) is 20.0 Å². The Morgan fingerprint density at radius 1 is 1.32 bits per heavy atom. The predicted molar refractivity (Wildman–Crippen MR) is 99.2 cm³/mol. The third-order valence-corrected chi connectivity index (χ3v) is 5.98. The average Bonchev–Trinajstić information content (AvgIpc) is 3.33. The highest BCUT2D eigenvalue weighted by Crippen LogP contribution is 2.45. The zero-order valence-electron chi connectivity index (χ0n) is 16.7. The van der Waals surface area contributed by atoms with Crippen LogP contribution in [0.4, 0.5) is 5.82 Å². The van der Waals surface area contributed by atoms with Gasteiger partial charge in [-0.05, 0) is 0 Å². The molecule has 5 heterocycles. The van der Waals surface area contributed by atoms with Gasteiger partial charge >= 0.3 is 5.97 Å². The molecule has 0 aliphatic carbocycles. The van der Waals surface area contributed by atoms with Crippen molar-refractivity contribution in [2.24, 2.45) is 0 Å². The number of ketones is 1. The van der Waals surface area contributed by atoms with Crippen LogP contribution in [0.25, 0.3) is 11.2 Å². The summed E-state index contributed by atoms with van der Waals surface area (Å²) in [5.41, 5.74) is 6.71. The summed E-state index contributed by atoms with van der Waals surface area (Å²) < 4.78 is 29.6. The van der Waals surface area contributed by atoms with Crippen molar-refractivity contribution in [3.8, 4) is 0 Å². The topological polar surface area (TPSA) is 170 Å². The fourth-order valence-electron chi connectivity index (χ4n) is 4.45. The Morgan fingerprint density at radius 2 is 2.13 bits per heavy atom. The van der Waals surface area contributed by atoms with Crippen molar-refractivity contribution in [2.45, 2.75) is 55.4 Å². The van der Waals surface area contributed by atoms with Gasteiger partial charge < -0.3 is 34.5 Å². The van der Waals surface area contributed by atoms with Crippen molar-refractivity contribution in [3.05, 3.63) is 12.7 Å². The lowest BCUT2D eigenvalue weighted by atomic mass is 9.87. The Hall–Kier alpha value is -2.71. The molecule has 7 atom stereocenters. The lowest BCUT2D eigenvalue weighted by molar-refractivity contribution is -0.323. The van der Waals surface area contributed by atoms with E-state index in [1.54, 1.807) is 4.57 Å². The van der Waals surface area contributed by atoms with Crippen LogP contribution >= 0.6 is 0 Å². The van der Waals surface area contributed by atoms with Crippen LogP contribution in [-0.4, -0.2) is 86.9 Å². The van der Waals surface area contributed by atoms with Crippen LogP contribution in [0.15, 0.2) is 12.7 Å². The molecule has 166 valence electrons. The number of carbonyl (C=O) groups excluding carboxylic acids is 2. The van der Waals surface area contributed by atoms with Crippen LogP contribution in [0, 0.1) is 0 Å². The van der Waals surface area contributed by atoms with Crippen LogP contribution < -0.4 is 5.73 Å². The molecule has 0 amide bonds. The second kappa shape index (κ2) is 7.17. The first-order valence-corrected chi connectivity index (χ1v) is 9.65. The highest BCUT2D eigenvalue weighted by Gasteiger charge is 2.63. The van der Waals surface area contributed by atoms with Crippen molar-refractivity contribution >= 4 is 28.7 Å². The van der Waals surface area contributed by atoms with E-state index < -0.39 is 54.3 Å². The summed E-state index contributed by atoms with van der Waals surface area (Å²) in [6.07, 6.45) is -2.47. The number of ether oxygens (including phenoxy) is 5. The van der Waals surface area contributed by atoms with E-state index in [1.807, 2.05) is 0 Å². The second-order valence-corrected chi connectivity index (χ2v) is 7.63. The third-order valence-electron chi connectivity index (χ3n) is 5.98. The number of esters is 1. The molecule has 2 aromatic rings. The first-order valence-electron chi connectivity index (χ1n) is 9.65. The molecular formula is C18H21N5O8. The Labute approximate surface area is 175 Å². The summed E-state index contributed by atoms with van der Waals surface area (Å²) in [5, 5.41) is 11.0. The molecular weight excluding hydrogens is 414 g/mol. The number of Topliss-reactive ketones (excluding diaryl/α,β-unsaturated/α-hetero) is 1. The van der Waals surface area contributed by atoms with E-state index in [4.69, 9.17) is 24.7 Å². The number of fused-ring (bicyclic) bond motifs is 3. The molecule has 3 N–H and O–H groups in total. The molecule has 0 bridgehead atoms. The third kappa shape index (κ3) is 2.92. The number of hydrogen-bond donors (Lipinski definition) is 2. The maximum absolute atomic E-state index is 12.7. The minimum Gasteiger partial charge on any atom is -0.467 e. The van der Waals surface area contributed by atoms with Crippen molar-refractivity contribution in [3.63, 3.8) is 0 Å². The molecule has 0 saturated carbocycles. The molecule has 0 radical (unpaired) electrons. The molecule has 3 fully saturated rings. The summed E-state index contributed by atoms with van der Waals surface area (Å²) in [6, 6.07) is 0. The maximum Gasteiger partial charge on any atom is 0.335 e. The van der Waals surface area contributed by atoms with Crippen molar-refractivity contribution in [1.82, 2.24) is 19.5 Å². The van der Waals surface area contributed by atoms with Gasteiger partial charge in [0.05, 0.1) is 19.5 Å². The molecule has 0 spiro atoms. The predicted octanol–water partition coefficient (Wildman–Crippen LogP) is -1.30. The van der Waals surface area contributed by atoms with E-state index in [9.17, 15) is 14.7 Å². The number of nitrogens with two attached hydrogens (primary N) is 1. The molecule has 2 aromatic heterocycles. The molecule has 13 heteroatoms. The van der Waals surface area contributed by atoms with E-state index in [1.165, 1.54) is 26.9 Å². The quantitative estimate of drug-likeness (QED) is 0.547. The van der Waals surface area contributed by atoms with Gasteiger partial charge in [-0.3, -0.25) is 9.36 Å². The number of nitrogens with zero attached hydrogens (tertiary/aromatic N) is 4. The zero-order chi connectivity index (χ0) is 21.9. The maximum atomic E-state index is 12.7. The fourth-order valence-corrected chi connectivity index (χ4v) is 4.45. The van der Waals surface area contributed by atoms with Gasteiger partial charge in [0.25, 0.3) is 5.79 Å². The molecule has 0 aromatic carbocycles. The van der Waals surface area contributed by atoms with Crippen LogP contribution in [-0.2, 0) is 33.3 Å². The van der Waals surface area contributed by atoms with E-state index in [-0.39, 0.29) is 18.7 Å². The van der Waals surface area contributed by atoms with Gasteiger partial charge in [0.1, 0.15) is 30.2 Å². The Bertz CT molecular complexity index is 1050. The normalized spacial score (nSPS) is 37.5. The first-order chi connectivity index (χ1) is 14.9. The van der Waals surface area contributed by atoms with E-state index >= 15 is 0 Å². The van der Waals surface area contributed by atoms with Gasteiger partial charge in [0.15, 0.2) is 29.6 Å². The molecule has 3 saturated heterocycles. The van der Waals surface area contributed by atoms with Gasteiger partial charge in [-0.2, -0.15) is 0 Å². The second-order valence-electron chi connectivity index (χ2n) is 7.63. The molecule has 5 rings (SSSR count). The Kier molecular flexibility index (Phi) is 4.67. The molecule has 3 aliphatic heterocycles. The van der Waals surface area contributed by atoms with Gasteiger partial charge in [0, 0.05) is 20.0 Å². The summed E-state index contributed by atoms with van der Waals surface area (Å²) >= 11 is 0. The number of nitrogen functional groups attached to an aromatic ring is 1. The lowest BCUT2D eigenvalue weighted by Gasteiger charge is -2.46. The van der Waals surface area contributed by atoms with Gasteiger partial charge in [-0.15, -0.1) is 0 Å². The van der Waals surface area contributed by atoms with Gasteiger partial charge in [-0.1, -0.05) is 0 Å². The smallest absolute Gasteiger partial charge is 0.335 e. The summed E-state index contributed by atoms with van der Waals surface area (Å²) in [6.45, 7) is 0. The van der Waals surface area contributed by atoms with E-state index in [2.05, 4.69) is 19.7 Å². The molecule has 3 aliphatic rings. The van der Waals surface area contributed by atoms with Gasteiger partial charge in [0.2, 0.25) is 0 Å². The Balaban J connectivity index is 1.46. The monoisotopic (exact) mass is 435 g/mol. The average molecular weight is 435 g/mol.